The molecule has 29 heavy (non-hydrogen) atoms. The van der Waals surface area contributed by atoms with Crippen LogP contribution in [0.3, 0.4) is 0 Å². The van der Waals surface area contributed by atoms with Crippen molar-refractivity contribution in [2.24, 2.45) is 0 Å². The Morgan fingerprint density at radius 2 is 1.79 bits per heavy atom. The van der Waals surface area contributed by atoms with Crippen LogP contribution in [0.15, 0.2) is 54.6 Å². The predicted octanol–water partition coefficient (Wildman–Crippen LogP) is 3.96. The van der Waals surface area contributed by atoms with Crippen LogP contribution in [-0.4, -0.2) is 41.3 Å². The highest BCUT2D eigenvalue weighted by Gasteiger charge is 2.15. The molecule has 1 heterocycles. The van der Waals surface area contributed by atoms with Crippen LogP contribution in [0.4, 0.5) is 5.69 Å². The van der Waals surface area contributed by atoms with Gasteiger partial charge in [0.1, 0.15) is 5.75 Å². The van der Waals surface area contributed by atoms with E-state index in [1.807, 2.05) is 61.1 Å². The first kappa shape index (κ1) is 20.6. The zero-order chi connectivity index (χ0) is 20.8. The SMILES string of the molecule is COc1ccccc1NC(=O)CCN(C)Cc1c(C)nn(-c2ccccc2)c1C. The Morgan fingerprint density at radius 1 is 1.10 bits per heavy atom. The van der Waals surface area contributed by atoms with Gasteiger partial charge in [0.2, 0.25) is 5.91 Å². The summed E-state index contributed by atoms with van der Waals surface area (Å²) in [5, 5.41) is 7.62. The lowest BCUT2D eigenvalue weighted by Gasteiger charge is -2.17. The van der Waals surface area contributed by atoms with Crippen molar-refractivity contribution in [2.45, 2.75) is 26.8 Å². The van der Waals surface area contributed by atoms with Crippen molar-refractivity contribution in [3.05, 3.63) is 71.5 Å². The molecule has 152 valence electrons. The number of aromatic nitrogens is 2. The molecule has 0 aliphatic rings. The topological polar surface area (TPSA) is 59.4 Å². The second-order valence-corrected chi connectivity index (χ2v) is 7.13. The number of ether oxygens (including phenoxy) is 1. The van der Waals surface area contributed by atoms with E-state index < -0.39 is 0 Å². The standard InChI is InChI=1S/C23H28N4O2/c1-17-20(18(2)27(25-17)19-10-6-5-7-11-19)16-26(3)15-14-23(28)24-21-12-8-9-13-22(21)29-4/h5-13H,14-16H2,1-4H3,(H,24,28). The van der Waals surface area contributed by atoms with Crippen LogP contribution in [0.1, 0.15) is 23.4 Å². The number of nitrogens with one attached hydrogen (secondary N) is 1. The average Bonchev–Trinajstić information content (AvgIpc) is 3.01. The Bertz CT molecular complexity index is 966. The fourth-order valence-electron chi connectivity index (χ4n) is 3.33. The second kappa shape index (κ2) is 9.39. The highest BCUT2D eigenvalue weighted by molar-refractivity contribution is 5.92. The Kier molecular flexibility index (Phi) is 6.67. The van der Waals surface area contributed by atoms with Crippen LogP contribution in [0.25, 0.3) is 5.69 Å². The van der Waals surface area contributed by atoms with Crippen molar-refractivity contribution in [1.82, 2.24) is 14.7 Å². The molecule has 0 saturated heterocycles. The van der Waals surface area contributed by atoms with Crippen molar-refractivity contribution in [3.8, 4) is 11.4 Å². The molecule has 0 saturated carbocycles. The molecule has 3 aromatic rings. The van der Waals surface area contributed by atoms with Crippen LogP contribution in [-0.2, 0) is 11.3 Å². The van der Waals surface area contributed by atoms with E-state index in [-0.39, 0.29) is 5.91 Å². The number of amides is 1. The molecule has 0 aliphatic heterocycles. The van der Waals surface area contributed by atoms with Gasteiger partial charge in [-0.05, 0) is 45.2 Å². The van der Waals surface area contributed by atoms with Gasteiger partial charge >= 0.3 is 0 Å². The number of methoxy groups -OCH3 is 1. The van der Waals surface area contributed by atoms with E-state index in [9.17, 15) is 4.79 Å². The molecule has 2 aromatic carbocycles. The van der Waals surface area contributed by atoms with Crippen molar-refractivity contribution < 1.29 is 9.53 Å². The number of hydrogen-bond donors (Lipinski definition) is 1. The highest BCUT2D eigenvalue weighted by Crippen LogP contribution is 2.23. The summed E-state index contributed by atoms with van der Waals surface area (Å²) in [5.74, 6) is 0.628. The molecule has 0 radical (unpaired) electrons. The summed E-state index contributed by atoms with van der Waals surface area (Å²) in [6.07, 6.45) is 0.402. The number of carbonyl (C=O) groups excluding carboxylic acids is 1. The normalized spacial score (nSPS) is 10.9. The number of para-hydroxylation sites is 3. The van der Waals surface area contributed by atoms with E-state index in [4.69, 9.17) is 9.84 Å². The van der Waals surface area contributed by atoms with Gasteiger partial charge in [-0.2, -0.15) is 5.10 Å². The van der Waals surface area contributed by atoms with Crippen LogP contribution >= 0.6 is 0 Å². The van der Waals surface area contributed by atoms with Crippen molar-refractivity contribution in [1.29, 1.82) is 0 Å². The van der Waals surface area contributed by atoms with E-state index in [2.05, 4.69) is 29.3 Å². The van der Waals surface area contributed by atoms with Crippen LogP contribution in [0, 0.1) is 13.8 Å². The number of anilines is 1. The minimum absolute atomic E-state index is 0.0326. The summed E-state index contributed by atoms with van der Waals surface area (Å²) in [4.78, 5) is 14.5. The van der Waals surface area contributed by atoms with Gasteiger partial charge in [-0.25, -0.2) is 4.68 Å². The third-order valence-electron chi connectivity index (χ3n) is 4.97. The second-order valence-electron chi connectivity index (χ2n) is 7.13. The lowest BCUT2D eigenvalue weighted by Crippen LogP contribution is -2.24. The summed E-state index contributed by atoms with van der Waals surface area (Å²) in [7, 11) is 3.62. The van der Waals surface area contributed by atoms with E-state index in [0.29, 0.717) is 24.4 Å². The number of hydrogen-bond acceptors (Lipinski definition) is 4. The molecule has 1 N–H and O–H groups in total. The first-order valence-corrected chi connectivity index (χ1v) is 9.71. The molecule has 6 nitrogen and oxygen atoms in total. The summed E-state index contributed by atoms with van der Waals surface area (Å²) in [5.41, 5.74) is 5.08. The number of nitrogens with zero attached hydrogens (tertiary/aromatic N) is 3. The first-order valence-electron chi connectivity index (χ1n) is 9.71. The minimum Gasteiger partial charge on any atom is -0.495 e. The highest BCUT2D eigenvalue weighted by atomic mass is 16.5. The van der Waals surface area contributed by atoms with Gasteiger partial charge < -0.3 is 15.0 Å². The predicted molar refractivity (Wildman–Crippen MR) is 116 cm³/mol. The molecule has 3 rings (SSSR count). The average molecular weight is 393 g/mol. The van der Waals surface area contributed by atoms with E-state index in [1.165, 1.54) is 5.56 Å². The van der Waals surface area contributed by atoms with Gasteiger partial charge in [-0.15, -0.1) is 0 Å². The van der Waals surface area contributed by atoms with E-state index in [1.54, 1.807) is 7.11 Å². The largest absolute Gasteiger partial charge is 0.495 e. The third-order valence-corrected chi connectivity index (χ3v) is 4.97. The van der Waals surface area contributed by atoms with E-state index >= 15 is 0 Å². The minimum atomic E-state index is -0.0326. The number of rotatable bonds is 8. The summed E-state index contributed by atoms with van der Waals surface area (Å²) in [6.45, 7) is 5.51. The molecule has 1 amide bonds. The van der Waals surface area contributed by atoms with Gasteiger partial charge in [0, 0.05) is 30.8 Å². The Hall–Kier alpha value is -3.12. The van der Waals surface area contributed by atoms with Crippen LogP contribution < -0.4 is 10.1 Å². The monoisotopic (exact) mass is 392 g/mol. The van der Waals surface area contributed by atoms with Crippen LogP contribution in [0.5, 0.6) is 5.75 Å². The third kappa shape index (κ3) is 5.03. The number of aryl methyl sites for hydroxylation is 1. The van der Waals surface area contributed by atoms with Crippen molar-refractivity contribution >= 4 is 11.6 Å². The fraction of sp³-hybridized carbons (Fsp3) is 0.304. The van der Waals surface area contributed by atoms with Gasteiger partial charge in [-0.1, -0.05) is 30.3 Å². The molecular formula is C23H28N4O2. The summed E-state index contributed by atoms with van der Waals surface area (Å²) < 4.78 is 7.26. The molecule has 0 fully saturated rings. The fourth-order valence-corrected chi connectivity index (χ4v) is 3.33. The number of benzene rings is 2. The van der Waals surface area contributed by atoms with Gasteiger partial charge in [0.05, 0.1) is 24.2 Å². The molecule has 0 aliphatic carbocycles. The molecular weight excluding hydrogens is 364 g/mol. The van der Waals surface area contributed by atoms with Crippen molar-refractivity contribution in [2.75, 3.05) is 26.0 Å². The maximum Gasteiger partial charge on any atom is 0.225 e. The quantitative estimate of drug-likeness (QED) is 0.630. The van der Waals surface area contributed by atoms with Crippen molar-refractivity contribution in [3.63, 3.8) is 0 Å². The zero-order valence-electron chi connectivity index (χ0n) is 17.5. The lowest BCUT2D eigenvalue weighted by atomic mass is 10.2. The molecule has 1 aromatic heterocycles. The van der Waals surface area contributed by atoms with Gasteiger partial charge in [-0.3, -0.25) is 4.79 Å². The smallest absolute Gasteiger partial charge is 0.225 e. The molecule has 0 atom stereocenters. The van der Waals surface area contributed by atoms with Gasteiger partial charge in [0.25, 0.3) is 0 Å². The maximum absolute atomic E-state index is 12.4. The first-order chi connectivity index (χ1) is 14.0. The van der Waals surface area contributed by atoms with Crippen LogP contribution in [0.2, 0.25) is 0 Å². The van der Waals surface area contributed by atoms with E-state index in [0.717, 1.165) is 23.6 Å². The number of carbonyl (C=O) groups is 1. The Labute approximate surface area is 172 Å². The Balaban J connectivity index is 1.59. The molecule has 0 unspecified atom stereocenters. The molecule has 6 heteroatoms. The van der Waals surface area contributed by atoms with Gasteiger partial charge in [0.15, 0.2) is 0 Å². The molecule has 0 spiro atoms. The summed E-state index contributed by atoms with van der Waals surface area (Å²) in [6, 6.07) is 17.5. The molecule has 0 bridgehead atoms. The Morgan fingerprint density at radius 3 is 2.52 bits per heavy atom. The summed E-state index contributed by atoms with van der Waals surface area (Å²) >= 11 is 0. The maximum atomic E-state index is 12.4. The zero-order valence-corrected chi connectivity index (χ0v) is 17.5. The lowest BCUT2D eigenvalue weighted by molar-refractivity contribution is -0.116.